The molecule has 1 N–H and O–H groups in total. The van der Waals surface area contributed by atoms with Crippen molar-refractivity contribution in [3.63, 3.8) is 0 Å². The quantitative estimate of drug-likeness (QED) is 0.459. The average Bonchev–Trinajstić information content (AvgIpc) is 2.90. The largest absolute Gasteiger partial charge is 0.341 e. The van der Waals surface area contributed by atoms with Crippen molar-refractivity contribution in [3.05, 3.63) is 48.5 Å². The highest BCUT2D eigenvalue weighted by molar-refractivity contribution is 6.20. The van der Waals surface area contributed by atoms with Crippen LogP contribution < -0.4 is 0 Å². The number of rotatable bonds is 0. The van der Waals surface area contributed by atoms with E-state index in [4.69, 9.17) is 0 Å². The van der Waals surface area contributed by atoms with E-state index in [0.29, 0.717) is 0 Å². The van der Waals surface area contributed by atoms with E-state index in [0.717, 1.165) is 0 Å². The summed E-state index contributed by atoms with van der Waals surface area (Å²) < 4.78 is 2.41. The highest BCUT2D eigenvalue weighted by Crippen LogP contribution is 2.37. The Labute approximate surface area is 118 Å². The van der Waals surface area contributed by atoms with Gasteiger partial charge in [-0.25, -0.2) is 0 Å². The van der Waals surface area contributed by atoms with E-state index in [-0.39, 0.29) is 5.54 Å². The average molecular weight is 262 g/mol. The number of nitrogens with one attached hydrogen (secondary N) is 1. The summed E-state index contributed by atoms with van der Waals surface area (Å²) >= 11 is 0. The van der Waals surface area contributed by atoms with Crippen LogP contribution >= 0.6 is 0 Å². The highest BCUT2D eigenvalue weighted by atomic mass is 15.1. The fourth-order valence-electron chi connectivity index (χ4n) is 3.27. The first-order valence-corrected chi connectivity index (χ1v) is 7.08. The van der Waals surface area contributed by atoms with Gasteiger partial charge < -0.3 is 9.55 Å². The molecule has 0 atom stereocenters. The van der Waals surface area contributed by atoms with Gasteiger partial charge in [-0.1, -0.05) is 36.4 Å². The molecule has 0 unspecified atom stereocenters. The van der Waals surface area contributed by atoms with Crippen LogP contribution in [0.2, 0.25) is 0 Å². The molecule has 4 aromatic rings. The lowest BCUT2D eigenvalue weighted by Gasteiger charge is -2.23. The number of para-hydroxylation sites is 2. The third kappa shape index (κ3) is 1.39. The van der Waals surface area contributed by atoms with Crippen LogP contribution in [0.15, 0.2) is 48.5 Å². The Balaban J connectivity index is 2.34. The molecule has 0 saturated heterocycles. The SMILES string of the molecule is CC(C)(C)n1c2ccccc2c2c3ccccc3[nH]c21. The first kappa shape index (κ1) is 11.6. The molecule has 100 valence electrons. The number of aromatic amines is 1. The smallest absolute Gasteiger partial charge is 0.120 e. The number of benzene rings is 2. The third-order valence-electron chi connectivity index (χ3n) is 3.99. The fourth-order valence-corrected chi connectivity index (χ4v) is 3.27. The molecule has 2 heterocycles. The molecule has 4 rings (SSSR count). The van der Waals surface area contributed by atoms with Crippen LogP contribution in [-0.2, 0) is 5.54 Å². The van der Waals surface area contributed by atoms with Gasteiger partial charge in [0, 0.05) is 27.2 Å². The van der Waals surface area contributed by atoms with Gasteiger partial charge in [0.05, 0.1) is 5.52 Å². The molecular weight excluding hydrogens is 244 g/mol. The van der Waals surface area contributed by atoms with Crippen LogP contribution in [0.5, 0.6) is 0 Å². The van der Waals surface area contributed by atoms with E-state index in [9.17, 15) is 0 Å². The summed E-state index contributed by atoms with van der Waals surface area (Å²) in [5.41, 5.74) is 3.77. The van der Waals surface area contributed by atoms with E-state index in [1.807, 2.05) is 0 Å². The molecular formula is C18H18N2. The van der Waals surface area contributed by atoms with Gasteiger partial charge in [0.15, 0.2) is 0 Å². The summed E-state index contributed by atoms with van der Waals surface area (Å²) in [6, 6.07) is 17.2. The number of nitrogens with zero attached hydrogens (tertiary/aromatic N) is 1. The molecule has 0 aliphatic heterocycles. The maximum absolute atomic E-state index is 3.61. The third-order valence-corrected chi connectivity index (χ3v) is 3.99. The second-order valence-electron chi connectivity index (χ2n) is 6.42. The topological polar surface area (TPSA) is 20.7 Å². The maximum atomic E-state index is 3.61. The molecule has 2 aromatic heterocycles. The van der Waals surface area contributed by atoms with Crippen LogP contribution in [0, 0.1) is 0 Å². The molecule has 0 aliphatic carbocycles. The maximum Gasteiger partial charge on any atom is 0.120 e. The summed E-state index contributed by atoms with van der Waals surface area (Å²) in [4.78, 5) is 3.61. The van der Waals surface area contributed by atoms with E-state index in [1.54, 1.807) is 0 Å². The molecule has 0 aliphatic rings. The molecule has 0 spiro atoms. The monoisotopic (exact) mass is 262 g/mol. The van der Waals surface area contributed by atoms with Crippen molar-refractivity contribution >= 4 is 32.8 Å². The Bertz CT molecular complexity index is 932. The second kappa shape index (κ2) is 3.66. The Hall–Kier alpha value is -2.22. The Morgan fingerprint density at radius 2 is 1.50 bits per heavy atom. The minimum absolute atomic E-state index is 0.0439. The summed E-state index contributed by atoms with van der Waals surface area (Å²) in [5.74, 6) is 0. The van der Waals surface area contributed by atoms with Gasteiger partial charge in [0.2, 0.25) is 0 Å². The first-order valence-electron chi connectivity index (χ1n) is 7.08. The van der Waals surface area contributed by atoms with Gasteiger partial charge in [-0.3, -0.25) is 0 Å². The molecule has 20 heavy (non-hydrogen) atoms. The number of aromatic nitrogens is 2. The standard InChI is InChI=1S/C18H18N2/c1-18(2,3)20-15-11-7-5-9-13(15)16-12-8-4-6-10-14(12)19-17(16)20/h4-11,19H,1-3H3. The van der Waals surface area contributed by atoms with E-state index in [1.165, 1.54) is 32.8 Å². The zero-order chi connectivity index (χ0) is 13.9. The van der Waals surface area contributed by atoms with Crippen molar-refractivity contribution in [1.29, 1.82) is 0 Å². The van der Waals surface area contributed by atoms with Gasteiger partial charge >= 0.3 is 0 Å². The molecule has 0 bridgehead atoms. The molecule has 2 aromatic carbocycles. The minimum Gasteiger partial charge on any atom is -0.341 e. The van der Waals surface area contributed by atoms with Gasteiger partial charge in [-0.2, -0.15) is 0 Å². The van der Waals surface area contributed by atoms with Crippen LogP contribution in [0.25, 0.3) is 32.8 Å². The summed E-state index contributed by atoms with van der Waals surface area (Å²) in [5, 5.41) is 3.97. The lowest BCUT2D eigenvalue weighted by atomic mass is 10.1. The zero-order valence-electron chi connectivity index (χ0n) is 12.1. The van der Waals surface area contributed by atoms with Crippen molar-refractivity contribution in [2.24, 2.45) is 0 Å². The number of hydrogen-bond donors (Lipinski definition) is 1. The predicted molar refractivity (Wildman–Crippen MR) is 86.3 cm³/mol. The predicted octanol–water partition coefficient (Wildman–Crippen LogP) is 5.03. The van der Waals surface area contributed by atoms with Crippen molar-refractivity contribution in [2.75, 3.05) is 0 Å². The van der Waals surface area contributed by atoms with Crippen molar-refractivity contribution < 1.29 is 0 Å². The number of fused-ring (bicyclic) bond motifs is 5. The Morgan fingerprint density at radius 3 is 2.25 bits per heavy atom. The Morgan fingerprint density at radius 1 is 0.850 bits per heavy atom. The van der Waals surface area contributed by atoms with E-state index >= 15 is 0 Å². The second-order valence-corrected chi connectivity index (χ2v) is 6.42. The molecule has 0 amide bonds. The molecule has 0 radical (unpaired) electrons. The minimum atomic E-state index is 0.0439. The highest BCUT2D eigenvalue weighted by Gasteiger charge is 2.22. The zero-order valence-corrected chi connectivity index (χ0v) is 12.1. The van der Waals surface area contributed by atoms with E-state index in [2.05, 4.69) is 78.9 Å². The lowest BCUT2D eigenvalue weighted by Crippen LogP contribution is -2.21. The van der Waals surface area contributed by atoms with Crippen LogP contribution in [0.3, 0.4) is 0 Å². The summed E-state index contributed by atoms with van der Waals surface area (Å²) in [6.07, 6.45) is 0. The van der Waals surface area contributed by atoms with Gasteiger partial charge in [-0.05, 0) is 32.9 Å². The number of hydrogen-bond acceptors (Lipinski definition) is 0. The van der Waals surface area contributed by atoms with Crippen LogP contribution in [0.4, 0.5) is 0 Å². The number of H-pyrrole nitrogens is 1. The van der Waals surface area contributed by atoms with Gasteiger partial charge in [0.1, 0.15) is 5.65 Å². The normalized spacial score (nSPS) is 12.8. The molecule has 2 heteroatoms. The fraction of sp³-hybridized carbons (Fsp3) is 0.222. The van der Waals surface area contributed by atoms with Crippen molar-refractivity contribution in [3.8, 4) is 0 Å². The lowest BCUT2D eigenvalue weighted by molar-refractivity contribution is 0.421. The van der Waals surface area contributed by atoms with Gasteiger partial charge in [0.25, 0.3) is 0 Å². The van der Waals surface area contributed by atoms with E-state index < -0.39 is 0 Å². The van der Waals surface area contributed by atoms with Crippen LogP contribution in [0.1, 0.15) is 20.8 Å². The first-order chi connectivity index (χ1) is 9.57. The molecule has 2 nitrogen and oxygen atoms in total. The molecule has 0 saturated carbocycles. The van der Waals surface area contributed by atoms with Crippen molar-refractivity contribution in [2.45, 2.75) is 26.3 Å². The molecule has 0 fully saturated rings. The van der Waals surface area contributed by atoms with Crippen LogP contribution in [-0.4, -0.2) is 9.55 Å². The summed E-state index contributed by atoms with van der Waals surface area (Å²) in [7, 11) is 0. The van der Waals surface area contributed by atoms with Crippen molar-refractivity contribution in [1.82, 2.24) is 9.55 Å². The Kier molecular flexibility index (Phi) is 2.12. The summed E-state index contributed by atoms with van der Waals surface area (Å²) in [6.45, 7) is 6.76. The van der Waals surface area contributed by atoms with Gasteiger partial charge in [-0.15, -0.1) is 0 Å².